The highest BCUT2D eigenvalue weighted by Gasteiger charge is 2.17. The quantitative estimate of drug-likeness (QED) is 0.721. The fraction of sp³-hybridized carbons (Fsp3) is 0. The fourth-order valence-electron chi connectivity index (χ4n) is 1.58. The molecule has 0 saturated heterocycles. The van der Waals surface area contributed by atoms with Gasteiger partial charge < -0.3 is 4.42 Å². The van der Waals surface area contributed by atoms with Gasteiger partial charge in [0.2, 0.25) is 5.22 Å². The summed E-state index contributed by atoms with van der Waals surface area (Å²) in [4.78, 5) is 5.55. The maximum absolute atomic E-state index is 5.34. The lowest BCUT2D eigenvalue weighted by atomic mass is 10.2. The Hall–Kier alpha value is -1.48. The second kappa shape index (κ2) is 3.03. The van der Waals surface area contributed by atoms with Crippen molar-refractivity contribution >= 4 is 17.0 Å². The number of oxazole rings is 1. The maximum Gasteiger partial charge on any atom is 0.242 e. The molecule has 0 fully saturated rings. The van der Waals surface area contributed by atoms with Gasteiger partial charge in [0, 0.05) is 4.90 Å². The Balaban J connectivity index is 2.11. The summed E-state index contributed by atoms with van der Waals surface area (Å²) >= 11 is 0. The molecule has 70 valence electrons. The van der Waals surface area contributed by atoms with Crippen molar-refractivity contribution in [3.8, 4) is 0 Å². The van der Waals surface area contributed by atoms with Gasteiger partial charge in [-0.2, -0.15) is 0 Å². The Morgan fingerprint density at radius 3 is 3.00 bits per heavy atom. The minimum absolute atomic E-state index is 0.477. The lowest BCUT2D eigenvalue weighted by Crippen LogP contribution is -1.80. The Bertz CT molecular complexity index is 476. The second-order valence-corrected chi connectivity index (χ2v) is 4.96. The molecule has 0 aliphatic carbocycles. The molecule has 0 bridgehead atoms. The lowest BCUT2D eigenvalue weighted by Gasteiger charge is -2.09. The Morgan fingerprint density at radius 1 is 1.21 bits per heavy atom. The summed E-state index contributed by atoms with van der Waals surface area (Å²) in [6.07, 6.45) is 5.48. The summed E-state index contributed by atoms with van der Waals surface area (Å²) in [6, 6.07) is 8.38. The van der Waals surface area contributed by atoms with Crippen molar-refractivity contribution in [1.82, 2.24) is 4.98 Å². The van der Waals surface area contributed by atoms with Gasteiger partial charge in [0.1, 0.15) is 6.26 Å². The van der Waals surface area contributed by atoms with E-state index in [4.69, 9.17) is 4.42 Å². The summed E-state index contributed by atoms with van der Waals surface area (Å²) in [7, 11) is -0.477. The van der Waals surface area contributed by atoms with Gasteiger partial charge in [-0.15, -0.1) is 10.9 Å². The van der Waals surface area contributed by atoms with E-state index < -0.39 is 10.9 Å². The maximum atomic E-state index is 5.34. The first-order valence-corrected chi connectivity index (χ1v) is 5.82. The number of aromatic nitrogens is 1. The SMILES string of the molecule is C1=C[SH](c2ncco2)c2ccccc21. The van der Waals surface area contributed by atoms with E-state index >= 15 is 0 Å². The van der Waals surface area contributed by atoms with Crippen LogP contribution in [0.4, 0.5) is 0 Å². The zero-order chi connectivity index (χ0) is 9.38. The highest BCUT2D eigenvalue weighted by Crippen LogP contribution is 2.50. The van der Waals surface area contributed by atoms with E-state index in [1.807, 2.05) is 0 Å². The largest absolute Gasteiger partial charge is 0.441 e. The van der Waals surface area contributed by atoms with Crippen LogP contribution in [0.15, 0.2) is 56.7 Å². The van der Waals surface area contributed by atoms with Crippen LogP contribution in [0.25, 0.3) is 6.08 Å². The highest BCUT2D eigenvalue weighted by molar-refractivity contribution is 8.19. The average Bonchev–Trinajstić information content (AvgIpc) is 2.85. The molecule has 2 aromatic rings. The molecule has 3 heteroatoms. The van der Waals surface area contributed by atoms with Gasteiger partial charge in [0.05, 0.1) is 6.20 Å². The van der Waals surface area contributed by atoms with Crippen LogP contribution in [0, 0.1) is 0 Å². The van der Waals surface area contributed by atoms with E-state index in [0.717, 1.165) is 5.22 Å². The molecule has 0 saturated carbocycles. The van der Waals surface area contributed by atoms with Crippen molar-refractivity contribution in [2.75, 3.05) is 0 Å². The summed E-state index contributed by atoms with van der Waals surface area (Å²) in [5.74, 6) is 0. The third kappa shape index (κ3) is 1.09. The summed E-state index contributed by atoms with van der Waals surface area (Å²) in [6.45, 7) is 0. The first-order valence-electron chi connectivity index (χ1n) is 4.41. The van der Waals surface area contributed by atoms with Crippen LogP contribution in [0.2, 0.25) is 0 Å². The summed E-state index contributed by atoms with van der Waals surface area (Å²) in [5, 5.41) is 3.02. The normalized spacial score (nSPS) is 21.0. The molecule has 2 nitrogen and oxygen atoms in total. The van der Waals surface area contributed by atoms with Crippen molar-refractivity contribution in [1.29, 1.82) is 0 Å². The van der Waals surface area contributed by atoms with Gasteiger partial charge >= 0.3 is 0 Å². The summed E-state index contributed by atoms with van der Waals surface area (Å²) < 4.78 is 5.34. The van der Waals surface area contributed by atoms with Crippen LogP contribution in [-0.4, -0.2) is 4.98 Å². The third-order valence-corrected chi connectivity index (χ3v) is 4.23. The van der Waals surface area contributed by atoms with E-state index in [2.05, 4.69) is 40.7 Å². The molecule has 0 N–H and O–H groups in total. The molecule has 1 aromatic carbocycles. The monoisotopic (exact) mass is 203 g/mol. The number of hydrogen-bond acceptors (Lipinski definition) is 2. The van der Waals surface area contributed by atoms with Gasteiger partial charge in [0.15, 0.2) is 0 Å². The summed E-state index contributed by atoms with van der Waals surface area (Å²) in [5.41, 5.74) is 1.29. The number of nitrogens with zero attached hydrogens (tertiary/aromatic N) is 1. The lowest BCUT2D eigenvalue weighted by molar-refractivity contribution is 0.453. The van der Waals surface area contributed by atoms with Gasteiger partial charge in [-0.1, -0.05) is 18.2 Å². The van der Waals surface area contributed by atoms with Crippen molar-refractivity contribution in [3.63, 3.8) is 0 Å². The van der Waals surface area contributed by atoms with Gasteiger partial charge in [-0.05, 0) is 23.1 Å². The Labute approximate surface area is 84.6 Å². The average molecular weight is 203 g/mol. The number of hydrogen-bond donors (Lipinski definition) is 1. The van der Waals surface area contributed by atoms with E-state index in [-0.39, 0.29) is 0 Å². The molecule has 2 heterocycles. The second-order valence-electron chi connectivity index (χ2n) is 3.06. The Morgan fingerprint density at radius 2 is 2.14 bits per heavy atom. The molecular formula is C11H9NOS. The molecule has 0 spiro atoms. The van der Waals surface area contributed by atoms with Crippen LogP contribution < -0.4 is 0 Å². The molecule has 1 aliphatic heterocycles. The Kier molecular flexibility index (Phi) is 1.70. The number of benzene rings is 1. The smallest absolute Gasteiger partial charge is 0.242 e. The molecule has 1 atom stereocenters. The van der Waals surface area contributed by atoms with Crippen molar-refractivity contribution < 1.29 is 4.42 Å². The topological polar surface area (TPSA) is 26.0 Å². The van der Waals surface area contributed by atoms with Crippen LogP contribution in [0.3, 0.4) is 0 Å². The third-order valence-electron chi connectivity index (χ3n) is 2.22. The van der Waals surface area contributed by atoms with Gasteiger partial charge in [-0.3, -0.25) is 0 Å². The van der Waals surface area contributed by atoms with E-state index in [1.54, 1.807) is 12.5 Å². The molecule has 0 amide bonds. The first-order chi connectivity index (χ1) is 6.95. The number of fused-ring (bicyclic) bond motifs is 1. The predicted molar refractivity (Wildman–Crippen MR) is 57.5 cm³/mol. The van der Waals surface area contributed by atoms with Crippen molar-refractivity contribution in [2.24, 2.45) is 0 Å². The van der Waals surface area contributed by atoms with Crippen LogP contribution in [0.1, 0.15) is 5.56 Å². The van der Waals surface area contributed by atoms with E-state index in [1.165, 1.54) is 10.5 Å². The first kappa shape index (κ1) is 7.88. The minimum Gasteiger partial charge on any atom is -0.441 e. The van der Waals surface area contributed by atoms with E-state index in [9.17, 15) is 0 Å². The molecule has 1 aliphatic rings. The highest BCUT2D eigenvalue weighted by atomic mass is 32.2. The standard InChI is InChI=1S/C11H9NOS/c1-2-4-10-9(3-1)5-8-14(10)11-12-6-7-13-11/h1-8,14H. The number of thiol groups is 1. The minimum atomic E-state index is -0.477. The van der Waals surface area contributed by atoms with Crippen molar-refractivity contribution in [2.45, 2.75) is 10.1 Å². The predicted octanol–water partition coefficient (Wildman–Crippen LogP) is 3.08. The molecular weight excluding hydrogens is 194 g/mol. The van der Waals surface area contributed by atoms with Crippen LogP contribution >= 0.6 is 10.9 Å². The molecule has 1 aromatic heterocycles. The van der Waals surface area contributed by atoms with Gasteiger partial charge in [-0.25, -0.2) is 4.98 Å². The zero-order valence-corrected chi connectivity index (χ0v) is 8.32. The van der Waals surface area contributed by atoms with Crippen LogP contribution in [-0.2, 0) is 0 Å². The van der Waals surface area contributed by atoms with Gasteiger partial charge in [0.25, 0.3) is 0 Å². The van der Waals surface area contributed by atoms with E-state index in [0.29, 0.717) is 0 Å². The molecule has 0 radical (unpaired) electrons. The molecule has 3 rings (SSSR count). The zero-order valence-electron chi connectivity index (χ0n) is 7.42. The molecule has 14 heavy (non-hydrogen) atoms. The fourth-order valence-corrected chi connectivity index (χ4v) is 3.43. The van der Waals surface area contributed by atoms with Crippen molar-refractivity contribution in [3.05, 3.63) is 47.7 Å². The molecule has 1 unspecified atom stereocenters. The number of rotatable bonds is 1. The van der Waals surface area contributed by atoms with Crippen LogP contribution in [0.5, 0.6) is 0 Å².